The van der Waals surface area contributed by atoms with Crippen LogP contribution in [-0.4, -0.2) is 70.8 Å². The zero-order valence-corrected chi connectivity index (χ0v) is 30.8. The Morgan fingerprint density at radius 2 is 1.60 bits per heavy atom. The number of allylic oxidation sites excluding steroid dienone is 1. The Morgan fingerprint density at radius 1 is 0.865 bits per heavy atom. The molecule has 3 saturated carbocycles. The molecule has 52 heavy (non-hydrogen) atoms. The third-order valence-corrected chi connectivity index (χ3v) is 13.1. The van der Waals surface area contributed by atoms with Gasteiger partial charge in [0, 0.05) is 43.7 Å². The summed E-state index contributed by atoms with van der Waals surface area (Å²) in [5, 5.41) is 26.7. The second-order valence-electron chi connectivity index (χ2n) is 16.1. The van der Waals surface area contributed by atoms with Crippen molar-refractivity contribution < 1.29 is 43.7 Å². The highest BCUT2D eigenvalue weighted by molar-refractivity contribution is 5.92. The maximum Gasteiger partial charge on any atom is 0.306 e. The van der Waals surface area contributed by atoms with Crippen molar-refractivity contribution in [2.75, 3.05) is 19.7 Å². The van der Waals surface area contributed by atoms with E-state index in [1.165, 1.54) is 5.57 Å². The van der Waals surface area contributed by atoms with Gasteiger partial charge in [-0.1, -0.05) is 56.2 Å². The van der Waals surface area contributed by atoms with Crippen LogP contribution in [0.3, 0.4) is 0 Å². The highest BCUT2D eigenvalue weighted by Crippen LogP contribution is 2.67. The Labute approximate surface area is 306 Å². The number of Topliss-reactive ketones (excluding diaryl/α,β-unsaturated/α-hetero) is 1. The summed E-state index contributed by atoms with van der Waals surface area (Å²) < 4.78 is 5.28. The Kier molecular flexibility index (Phi) is 12.8. The van der Waals surface area contributed by atoms with Crippen LogP contribution >= 0.6 is 0 Å². The molecule has 3 fully saturated rings. The number of ketones is 2. The summed E-state index contributed by atoms with van der Waals surface area (Å²) in [6, 6.07) is 9.24. The van der Waals surface area contributed by atoms with Gasteiger partial charge in [-0.25, -0.2) is 0 Å². The Bertz CT molecular complexity index is 1540. The van der Waals surface area contributed by atoms with Crippen LogP contribution in [0, 0.1) is 28.6 Å². The van der Waals surface area contributed by atoms with E-state index >= 15 is 0 Å². The summed E-state index contributed by atoms with van der Waals surface area (Å²) in [6.07, 6.45) is 9.83. The molecule has 0 heterocycles. The number of carboxylic acids is 1. The normalized spacial score (nSPS) is 29.8. The molecule has 2 amide bonds. The molecule has 284 valence electrons. The van der Waals surface area contributed by atoms with Crippen LogP contribution in [0.4, 0.5) is 0 Å². The molecule has 0 aliphatic heterocycles. The van der Waals surface area contributed by atoms with Gasteiger partial charge in [0.2, 0.25) is 17.6 Å². The largest absolute Gasteiger partial charge is 0.481 e. The molecule has 5 rings (SSSR count). The molecule has 0 bridgehead atoms. The van der Waals surface area contributed by atoms with Crippen molar-refractivity contribution in [1.29, 1.82) is 0 Å². The quantitative estimate of drug-likeness (QED) is 0.125. The SMILES string of the molecule is C[C@]12CCC(=O)C=C1CC[C@@H]1[C@@H]2CC[C@@]2(C)[C@H]1CC[C@]2(O)C(=O)COC(=O)CCC(=O)NCCCCCC(=O)NC[C@@H](CC(=O)O)c1ccccc1. The summed E-state index contributed by atoms with van der Waals surface area (Å²) in [4.78, 5) is 74.0. The van der Waals surface area contributed by atoms with Crippen molar-refractivity contribution in [3.05, 3.63) is 47.5 Å². The predicted molar refractivity (Wildman–Crippen MR) is 193 cm³/mol. The van der Waals surface area contributed by atoms with Crippen molar-refractivity contribution in [2.24, 2.45) is 28.6 Å². The molecule has 0 radical (unpaired) electrons. The molecule has 0 unspecified atom stereocenters. The van der Waals surface area contributed by atoms with Crippen molar-refractivity contribution in [3.63, 3.8) is 0 Å². The highest BCUT2D eigenvalue weighted by Gasteiger charge is 2.66. The molecule has 4 aliphatic rings. The van der Waals surface area contributed by atoms with Gasteiger partial charge in [0.25, 0.3) is 0 Å². The number of carbonyl (C=O) groups is 6. The monoisotopic (exact) mass is 720 g/mol. The second kappa shape index (κ2) is 16.9. The smallest absolute Gasteiger partial charge is 0.306 e. The molecule has 11 nitrogen and oxygen atoms in total. The van der Waals surface area contributed by atoms with E-state index in [4.69, 9.17) is 4.74 Å². The number of rotatable bonds is 17. The van der Waals surface area contributed by atoms with Crippen LogP contribution < -0.4 is 10.6 Å². The molecule has 7 atom stereocenters. The number of amides is 2. The number of aliphatic hydroxyl groups is 1. The first kappa shape index (κ1) is 39.3. The lowest BCUT2D eigenvalue weighted by Gasteiger charge is -2.58. The summed E-state index contributed by atoms with van der Waals surface area (Å²) in [5.41, 5.74) is -0.0198. The molecule has 0 saturated heterocycles. The number of esters is 1. The van der Waals surface area contributed by atoms with E-state index in [0.717, 1.165) is 37.7 Å². The number of benzene rings is 1. The van der Waals surface area contributed by atoms with Crippen molar-refractivity contribution in [2.45, 2.75) is 122 Å². The first-order chi connectivity index (χ1) is 24.8. The van der Waals surface area contributed by atoms with Gasteiger partial charge in [0.05, 0.1) is 12.8 Å². The fraction of sp³-hybridized carbons (Fsp3) is 0.659. The standard InChI is InChI=1S/C41H56N2O9/c1-39-19-16-30(44)24-29(39)12-13-31-32(39)17-20-40(2)33(31)18-21-41(40,51)34(45)26-52-38(50)15-14-36(47)42-22-8-4-7-11-35(46)43-25-28(23-37(48)49)27-9-5-3-6-10-27/h3,5-6,9-10,24,28,31-33,51H,4,7-8,11-23,25-26H2,1-2H3,(H,42,47)(H,43,46)(H,48,49)/t28-,31-,32+,33+,39+,40+,41+/m1/s1. The number of ether oxygens (including phenoxy) is 1. The summed E-state index contributed by atoms with van der Waals surface area (Å²) in [6.45, 7) is 4.46. The zero-order chi connectivity index (χ0) is 37.5. The third kappa shape index (κ3) is 8.67. The van der Waals surface area contributed by atoms with Gasteiger partial charge in [-0.15, -0.1) is 0 Å². The van der Waals surface area contributed by atoms with Crippen molar-refractivity contribution >= 4 is 35.3 Å². The van der Waals surface area contributed by atoms with Gasteiger partial charge >= 0.3 is 11.9 Å². The van der Waals surface area contributed by atoms with Crippen LogP contribution in [0.2, 0.25) is 0 Å². The number of unbranched alkanes of at least 4 members (excludes halogenated alkanes) is 2. The number of aliphatic carboxylic acids is 1. The van der Waals surface area contributed by atoms with Crippen LogP contribution in [0.5, 0.6) is 0 Å². The Balaban J connectivity index is 0.959. The molecule has 4 aliphatic carbocycles. The first-order valence-electron chi connectivity index (χ1n) is 19.2. The average Bonchev–Trinajstić information content (AvgIpc) is 3.41. The van der Waals surface area contributed by atoms with Gasteiger partial charge in [-0.2, -0.15) is 0 Å². The number of hydrogen-bond acceptors (Lipinski definition) is 8. The van der Waals surface area contributed by atoms with Crippen molar-refractivity contribution in [1.82, 2.24) is 10.6 Å². The Hall–Kier alpha value is -3.86. The van der Waals surface area contributed by atoms with E-state index in [2.05, 4.69) is 17.6 Å². The molecule has 1 aromatic rings. The topological polar surface area (TPSA) is 176 Å². The maximum absolute atomic E-state index is 13.5. The fourth-order valence-electron chi connectivity index (χ4n) is 10.1. The average molecular weight is 721 g/mol. The highest BCUT2D eigenvalue weighted by atomic mass is 16.5. The molecule has 11 heteroatoms. The minimum atomic E-state index is -1.56. The van der Waals surface area contributed by atoms with Gasteiger partial charge in [-0.05, 0) is 92.6 Å². The van der Waals surface area contributed by atoms with Crippen LogP contribution in [0.15, 0.2) is 42.0 Å². The van der Waals surface area contributed by atoms with E-state index in [1.54, 1.807) is 0 Å². The van der Waals surface area contributed by atoms with E-state index in [0.29, 0.717) is 63.3 Å². The predicted octanol–water partition coefficient (Wildman–Crippen LogP) is 5.19. The summed E-state index contributed by atoms with van der Waals surface area (Å²) in [7, 11) is 0. The second-order valence-corrected chi connectivity index (χ2v) is 16.1. The van der Waals surface area contributed by atoms with Crippen molar-refractivity contribution in [3.8, 4) is 0 Å². The van der Waals surface area contributed by atoms with Gasteiger partial charge in [-0.3, -0.25) is 28.8 Å². The van der Waals surface area contributed by atoms with E-state index < -0.39 is 35.3 Å². The van der Waals surface area contributed by atoms with Gasteiger partial charge in [0.1, 0.15) is 5.60 Å². The number of carboxylic acid groups (broad SMARTS) is 1. The van der Waals surface area contributed by atoms with E-state index in [-0.39, 0.29) is 60.7 Å². The van der Waals surface area contributed by atoms with Crippen LogP contribution in [-0.2, 0) is 33.5 Å². The minimum absolute atomic E-state index is 0.00315. The minimum Gasteiger partial charge on any atom is -0.481 e. The molecule has 0 spiro atoms. The van der Waals surface area contributed by atoms with Gasteiger partial charge < -0.3 is 25.6 Å². The third-order valence-electron chi connectivity index (χ3n) is 13.1. The number of hydrogen-bond donors (Lipinski definition) is 4. The molecule has 1 aromatic carbocycles. The number of fused-ring (bicyclic) bond motifs is 5. The molecule has 0 aromatic heterocycles. The van der Waals surface area contributed by atoms with Crippen LogP contribution in [0.1, 0.15) is 122 Å². The summed E-state index contributed by atoms with van der Waals surface area (Å²) >= 11 is 0. The Morgan fingerprint density at radius 3 is 2.35 bits per heavy atom. The van der Waals surface area contributed by atoms with Crippen LogP contribution in [0.25, 0.3) is 0 Å². The lowest BCUT2D eigenvalue weighted by molar-refractivity contribution is -0.170. The lowest BCUT2D eigenvalue weighted by Crippen LogP contribution is -2.58. The number of carbonyl (C=O) groups excluding carboxylic acids is 5. The first-order valence-corrected chi connectivity index (χ1v) is 19.2. The molecule has 4 N–H and O–H groups in total. The van der Waals surface area contributed by atoms with E-state index in [9.17, 15) is 39.0 Å². The number of nitrogens with one attached hydrogen (secondary N) is 2. The fourth-order valence-corrected chi connectivity index (χ4v) is 10.1. The lowest BCUT2D eigenvalue weighted by atomic mass is 9.46. The maximum atomic E-state index is 13.5. The zero-order valence-electron chi connectivity index (χ0n) is 30.8. The molecular weight excluding hydrogens is 664 g/mol. The summed E-state index contributed by atoms with van der Waals surface area (Å²) in [5.74, 6) is -1.60. The van der Waals surface area contributed by atoms with E-state index in [1.807, 2.05) is 43.3 Å². The van der Waals surface area contributed by atoms with Gasteiger partial charge in [0.15, 0.2) is 12.4 Å². The molecular formula is C41H56N2O9.